The van der Waals surface area contributed by atoms with Crippen LogP contribution in [0, 0.1) is 0 Å². The van der Waals surface area contributed by atoms with Gasteiger partial charge in [0.15, 0.2) is 0 Å². The van der Waals surface area contributed by atoms with Crippen LogP contribution in [0.3, 0.4) is 0 Å². The molecule has 148 valence electrons. The van der Waals surface area contributed by atoms with Gasteiger partial charge in [-0.25, -0.2) is 0 Å². The Kier molecular flexibility index (Phi) is 4.98. The van der Waals surface area contributed by atoms with Crippen molar-refractivity contribution in [1.29, 1.82) is 0 Å². The van der Waals surface area contributed by atoms with E-state index in [1.54, 1.807) is 43.4 Å². The summed E-state index contributed by atoms with van der Waals surface area (Å²) in [6.45, 7) is 0.0983. The SMILES string of the molecule is CNC(=O)CN1c2ccccc2C(=O)N(C)C1c1cn[nH]c1-c1ccc(Cl)cc1. The molecule has 1 unspecified atom stereocenters. The lowest BCUT2D eigenvalue weighted by Gasteiger charge is -2.43. The highest BCUT2D eigenvalue weighted by molar-refractivity contribution is 6.30. The number of nitrogens with zero attached hydrogens (tertiary/aromatic N) is 3. The summed E-state index contributed by atoms with van der Waals surface area (Å²) < 4.78 is 0. The van der Waals surface area contributed by atoms with Crippen molar-refractivity contribution < 1.29 is 9.59 Å². The van der Waals surface area contributed by atoms with E-state index in [0.717, 1.165) is 16.8 Å². The molecule has 3 aromatic rings. The molecule has 0 saturated heterocycles. The van der Waals surface area contributed by atoms with Crippen LogP contribution in [0.4, 0.5) is 5.69 Å². The van der Waals surface area contributed by atoms with Gasteiger partial charge >= 0.3 is 0 Å². The molecule has 0 aliphatic carbocycles. The van der Waals surface area contributed by atoms with Gasteiger partial charge in [-0.05, 0) is 24.3 Å². The summed E-state index contributed by atoms with van der Waals surface area (Å²) in [5.41, 5.74) is 3.73. The number of hydrogen-bond acceptors (Lipinski definition) is 4. The van der Waals surface area contributed by atoms with Crippen molar-refractivity contribution in [2.24, 2.45) is 0 Å². The highest BCUT2D eigenvalue weighted by Gasteiger charge is 2.38. The Morgan fingerprint density at radius 3 is 2.66 bits per heavy atom. The third kappa shape index (κ3) is 3.34. The predicted molar refractivity (Wildman–Crippen MR) is 112 cm³/mol. The molecule has 0 radical (unpaired) electrons. The van der Waals surface area contributed by atoms with Crippen LogP contribution in [-0.4, -0.2) is 47.6 Å². The molecule has 1 aliphatic rings. The standard InChI is InChI=1S/C21H20ClN5O2/c1-23-18(28)12-27-17-6-4-3-5-15(17)21(29)26(2)20(27)16-11-24-25-19(16)13-7-9-14(22)10-8-13/h3-11,20H,12H2,1-2H3,(H,23,28)(H,24,25). The summed E-state index contributed by atoms with van der Waals surface area (Å²) in [6.07, 6.45) is 1.20. The van der Waals surface area contributed by atoms with Gasteiger partial charge in [0, 0.05) is 30.2 Å². The second-order valence-corrected chi connectivity index (χ2v) is 7.25. The molecule has 2 heterocycles. The Morgan fingerprint density at radius 1 is 1.21 bits per heavy atom. The lowest BCUT2D eigenvalue weighted by Crippen LogP contribution is -2.50. The summed E-state index contributed by atoms with van der Waals surface area (Å²) in [5, 5.41) is 10.5. The number of fused-ring (bicyclic) bond motifs is 1. The van der Waals surface area contributed by atoms with E-state index in [4.69, 9.17) is 11.6 Å². The maximum atomic E-state index is 13.1. The number of aromatic nitrogens is 2. The van der Waals surface area contributed by atoms with Crippen molar-refractivity contribution in [3.63, 3.8) is 0 Å². The Morgan fingerprint density at radius 2 is 1.93 bits per heavy atom. The van der Waals surface area contributed by atoms with Crippen molar-refractivity contribution in [2.45, 2.75) is 6.17 Å². The fraction of sp³-hybridized carbons (Fsp3) is 0.190. The molecule has 2 amide bonds. The highest BCUT2D eigenvalue weighted by Crippen LogP contribution is 2.40. The Balaban J connectivity index is 1.85. The number of likely N-dealkylation sites (N-methyl/N-ethyl adjacent to an activating group) is 1. The molecule has 0 fully saturated rings. The van der Waals surface area contributed by atoms with Crippen LogP contribution in [0.15, 0.2) is 54.7 Å². The zero-order chi connectivity index (χ0) is 20.5. The van der Waals surface area contributed by atoms with E-state index in [1.807, 2.05) is 35.2 Å². The second kappa shape index (κ2) is 7.60. The predicted octanol–water partition coefficient (Wildman–Crippen LogP) is 3.07. The number of para-hydroxylation sites is 1. The average molecular weight is 410 g/mol. The summed E-state index contributed by atoms with van der Waals surface area (Å²) in [5.74, 6) is -0.258. The van der Waals surface area contributed by atoms with Gasteiger partial charge in [-0.1, -0.05) is 35.9 Å². The van der Waals surface area contributed by atoms with Crippen molar-refractivity contribution in [3.8, 4) is 11.3 Å². The summed E-state index contributed by atoms with van der Waals surface area (Å²) in [7, 11) is 3.33. The van der Waals surface area contributed by atoms with Gasteiger partial charge in [0.2, 0.25) is 5.91 Å². The number of amides is 2. The van der Waals surface area contributed by atoms with Crippen LogP contribution in [0.2, 0.25) is 5.02 Å². The first-order valence-electron chi connectivity index (χ1n) is 9.14. The first-order valence-corrected chi connectivity index (χ1v) is 9.51. The van der Waals surface area contributed by atoms with Gasteiger partial charge in [-0.15, -0.1) is 0 Å². The first kappa shape index (κ1) is 19.0. The average Bonchev–Trinajstić information content (AvgIpc) is 3.21. The molecule has 2 N–H and O–H groups in total. The monoisotopic (exact) mass is 409 g/mol. The molecule has 2 aromatic carbocycles. The molecule has 1 aliphatic heterocycles. The van der Waals surface area contributed by atoms with E-state index < -0.39 is 6.17 Å². The lowest BCUT2D eigenvalue weighted by atomic mass is 9.99. The topological polar surface area (TPSA) is 81.3 Å². The zero-order valence-corrected chi connectivity index (χ0v) is 16.8. The van der Waals surface area contributed by atoms with Crippen molar-refractivity contribution in [3.05, 3.63) is 70.9 Å². The van der Waals surface area contributed by atoms with E-state index >= 15 is 0 Å². The molecular formula is C21H20ClN5O2. The van der Waals surface area contributed by atoms with Crippen LogP contribution in [-0.2, 0) is 4.79 Å². The molecular weight excluding hydrogens is 390 g/mol. The second-order valence-electron chi connectivity index (χ2n) is 6.82. The molecule has 29 heavy (non-hydrogen) atoms. The van der Waals surface area contributed by atoms with Gasteiger partial charge in [0.25, 0.3) is 5.91 Å². The van der Waals surface area contributed by atoms with Gasteiger partial charge in [-0.2, -0.15) is 5.10 Å². The van der Waals surface area contributed by atoms with E-state index in [0.29, 0.717) is 16.3 Å². The minimum atomic E-state index is -0.501. The summed E-state index contributed by atoms with van der Waals surface area (Å²) >= 11 is 6.03. The van der Waals surface area contributed by atoms with E-state index in [2.05, 4.69) is 15.5 Å². The van der Waals surface area contributed by atoms with E-state index in [9.17, 15) is 9.59 Å². The molecule has 1 atom stereocenters. The largest absolute Gasteiger partial charge is 0.358 e. The number of benzene rings is 2. The number of carbonyl (C=O) groups excluding carboxylic acids is 2. The van der Waals surface area contributed by atoms with Crippen LogP contribution in [0.25, 0.3) is 11.3 Å². The number of halogens is 1. The lowest BCUT2D eigenvalue weighted by molar-refractivity contribution is -0.119. The third-order valence-electron chi connectivity index (χ3n) is 5.10. The smallest absolute Gasteiger partial charge is 0.257 e. The quantitative estimate of drug-likeness (QED) is 0.693. The van der Waals surface area contributed by atoms with Crippen molar-refractivity contribution >= 4 is 29.1 Å². The van der Waals surface area contributed by atoms with Crippen LogP contribution < -0.4 is 10.2 Å². The van der Waals surface area contributed by atoms with Crippen LogP contribution in [0.5, 0.6) is 0 Å². The summed E-state index contributed by atoms with van der Waals surface area (Å²) in [4.78, 5) is 28.9. The first-order chi connectivity index (χ1) is 14.0. The molecule has 0 saturated carbocycles. The number of anilines is 1. The molecule has 0 bridgehead atoms. The van der Waals surface area contributed by atoms with Gasteiger partial charge in [-0.3, -0.25) is 14.7 Å². The fourth-order valence-corrected chi connectivity index (χ4v) is 3.79. The van der Waals surface area contributed by atoms with E-state index in [1.165, 1.54) is 0 Å². The van der Waals surface area contributed by atoms with E-state index in [-0.39, 0.29) is 18.4 Å². The zero-order valence-electron chi connectivity index (χ0n) is 16.0. The van der Waals surface area contributed by atoms with Gasteiger partial charge in [0.05, 0.1) is 29.7 Å². The number of H-pyrrole nitrogens is 1. The number of hydrogen-bond donors (Lipinski definition) is 2. The number of carbonyl (C=O) groups is 2. The molecule has 7 nitrogen and oxygen atoms in total. The normalized spacial score (nSPS) is 16.0. The minimum absolute atomic E-state index is 0.0983. The molecule has 8 heteroatoms. The van der Waals surface area contributed by atoms with Gasteiger partial charge < -0.3 is 15.1 Å². The Bertz CT molecular complexity index is 1060. The maximum absolute atomic E-state index is 13.1. The third-order valence-corrected chi connectivity index (χ3v) is 5.35. The number of aromatic amines is 1. The maximum Gasteiger partial charge on any atom is 0.257 e. The van der Waals surface area contributed by atoms with Gasteiger partial charge in [0.1, 0.15) is 6.17 Å². The van der Waals surface area contributed by atoms with Crippen molar-refractivity contribution in [1.82, 2.24) is 20.4 Å². The fourth-order valence-electron chi connectivity index (χ4n) is 3.67. The minimum Gasteiger partial charge on any atom is -0.358 e. The number of rotatable bonds is 4. The molecule has 0 spiro atoms. The number of nitrogens with one attached hydrogen (secondary N) is 2. The van der Waals surface area contributed by atoms with Crippen LogP contribution in [0.1, 0.15) is 22.1 Å². The highest BCUT2D eigenvalue weighted by atomic mass is 35.5. The molecule has 1 aromatic heterocycles. The Hall–Kier alpha value is -3.32. The Labute approximate surface area is 173 Å². The van der Waals surface area contributed by atoms with Crippen LogP contribution >= 0.6 is 11.6 Å². The van der Waals surface area contributed by atoms with Crippen molar-refractivity contribution in [2.75, 3.05) is 25.5 Å². The molecule has 4 rings (SSSR count). The summed E-state index contributed by atoms with van der Waals surface area (Å²) in [6, 6.07) is 14.7.